The lowest BCUT2D eigenvalue weighted by atomic mass is 10.2. The molecule has 0 aliphatic rings. The smallest absolute Gasteiger partial charge is 0.226 e. The third-order valence-corrected chi connectivity index (χ3v) is 3.52. The topological polar surface area (TPSA) is 58.6 Å². The number of methoxy groups -OCH3 is 1. The third-order valence-electron chi connectivity index (χ3n) is 3.52. The van der Waals surface area contributed by atoms with Crippen molar-refractivity contribution in [3.63, 3.8) is 0 Å². The summed E-state index contributed by atoms with van der Waals surface area (Å²) in [7, 11) is 1.49. The van der Waals surface area contributed by atoms with Crippen molar-refractivity contribution < 1.29 is 23.1 Å². The number of hydrogen-bond acceptors (Lipinski definition) is 3. The minimum absolute atomic E-state index is 0.0428. The van der Waals surface area contributed by atoms with E-state index in [4.69, 9.17) is 4.74 Å². The van der Waals surface area contributed by atoms with E-state index in [1.54, 1.807) is 24.3 Å². The Labute approximate surface area is 144 Å². The number of nitrogens with zero attached hydrogens (tertiary/aromatic N) is 1. The summed E-state index contributed by atoms with van der Waals surface area (Å²) in [6.07, 6.45) is -0.0611. The maximum Gasteiger partial charge on any atom is 0.226 e. The predicted octanol–water partition coefficient (Wildman–Crippen LogP) is 3.36. The number of carbonyl (C=O) groups is 2. The van der Waals surface area contributed by atoms with Crippen LogP contribution in [0.2, 0.25) is 0 Å². The number of halogens is 2. The second-order valence-corrected chi connectivity index (χ2v) is 5.26. The second kappa shape index (κ2) is 8.23. The van der Waals surface area contributed by atoms with E-state index in [-0.39, 0.29) is 24.6 Å². The summed E-state index contributed by atoms with van der Waals surface area (Å²) in [6, 6.07) is 9.81. The van der Waals surface area contributed by atoms with E-state index in [1.807, 2.05) is 0 Å². The molecule has 0 spiro atoms. The van der Waals surface area contributed by atoms with Gasteiger partial charge in [0.2, 0.25) is 11.8 Å². The summed E-state index contributed by atoms with van der Waals surface area (Å²) in [4.78, 5) is 25.0. The van der Waals surface area contributed by atoms with Gasteiger partial charge in [0.1, 0.15) is 17.4 Å². The van der Waals surface area contributed by atoms with Gasteiger partial charge in [-0.25, -0.2) is 8.78 Å². The molecule has 2 aromatic carbocycles. The lowest BCUT2D eigenvalue weighted by molar-refractivity contribution is -0.117. The highest BCUT2D eigenvalue weighted by molar-refractivity contribution is 5.95. The van der Waals surface area contributed by atoms with Crippen LogP contribution >= 0.6 is 0 Å². The molecular formula is C18H18F2N2O3. The molecule has 5 nitrogen and oxygen atoms in total. The van der Waals surface area contributed by atoms with Crippen LogP contribution in [0, 0.1) is 11.6 Å². The highest BCUT2D eigenvalue weighted by Gasteiger charge is 2.18. The Hall–Kier alpha value is -2.96. The number of amides is 2. The normalized spacial score (nSPS) is 10.2. The largest absolute Gasteiger partial charge is 0.495 e. The highest BCUT2D eigenvalue weighted by atomic mass is 19.1. The standard InChI is InChI=1S/C18H18F2N2O3/c1-12(23)22(16-8-7-13(19)11-14(16)20)10-9-18(24)21-15-5-3-4-6-17(15)25-2/h3-8,11H,9-10H2,1-2H3,(H,21,24). The van der Waals surface area contributed by atoms with E-state index >= 15 is 0 Å². The third kappa shape index (κ3) is 4.76. The van der Waals surface area contributed by atoms with Crippen LogP contribution in [-0.4, -0.2) is 25.5 Å². The van der Waals surface area contributed by atoms with Gasteiger partial charge >= 0.3 is 0 Å². The quantitative estimate of drug-likeness (QED) is 0.871. The van der Waals surface area contributed by atoms with Gasteiger partial charge in [0, 0.05) is 26.0 Å². The second-order valence-electron chi connectivity index (χ2n) is 5.26. The van der Waals surface area contributed by atoms with E-state index < -0.39 is 17.5 Å². The Kier molecular flexibility index (Phi) is 6.05. The molecule has 132 valence electrons. The van der Waals surface area contributed by atoms with Gasteiger partial charge in [-0.15, -0.1) is 0 Å². The number of carbonyl (C=O) groups excluding carboxylic acids is 2. The first-order valence-electron chi connectivity index (χ1n) is 7.58. The first-order chi connectivity index (χ1) is 11.9. The van der Waals surface area contributed by atoms with E-state index in [0.717, 1.165) is 11.0 Å². The SMILES string of the molecule is COc1ccccc1NC(=O)CCN(C(C)=O)c1ccc(F)cc1F. The van der Waals surface area contributed by atoms with Crippen molar-refractivity contribution >= 4 is 23.2 Å². The van der Waals surface area contributed by atoms with Crippen LogP contribution in [0.1, 0.15) is 13.3 Å². The summed E-state index contributed by atoms with van der Waals surface area (Å²) in [6.45, 7) is 1.21. The molecule has 0 aliphatic heterocycles. The molecule has 7 heteroatoms. The number of anilines is 2. The number of rotatable bonds is 6. The molecule has 0 heterocycles. The Morgan fingerprint density at radius 2 is 1.88 bits per heavy atom. The Bertz CT molecular complexity index is 781. The van der Waals surface area contributed by atoms with Crippen molar-refractivity contribution in [1.82, 2.24) is 0 Å². The van der Waals surface area contributed by atoms with E-state index in [1.165, 1.54) is 20.1 Å². The van der Waals surface area contributed by atoms with E-state index in [0.29, 0.717) is 17.5 Å². The zero-order valence-corrected chi connectivity index (χ0v) is 13.9. The van der Waals surface area contributed by atoms with Crippen LogP contribution in [0.15, 0.2) is 42.5 Å². The van der Waals surface area contributed by atoms with Crippen molar-refractivity contribution in [2.45, 2.75) is 13.3 Å². The first kappa shape index (κ1) is 18.4. The van der Waals surface area contributed by atoms with Crippen LogP contribution in [0.4, 0.5) is 20.2 Å². The zero-order chi connectivity index (χ0) is 18.4. The molecule has 2 aromatic rings. The van der Waals surface area contributed by atoms with E-state index in [2.05, 4.69) is 5.32 Å². The molecule has 1 N–H and O–H groups in total. The van der Waals surface area contributed by atoms with Crippen LogP contribution in [0.25, 0.3) is 0 Å². The fourth-order valence-electron chi connectivity index (χ4n) is 2.32. The Balaban J connectivity index is 2.06. The summed E-state index contributed by atoms with van der Waals surface area (Å²) in [5.74, 6) is -1.91. The maximum atomic E-state index is 13.9. The van der Waals surface area contributed by atoms with Crippen LogP contribution in [0.5, 0.6) is 5.75 Å². The summed E-state index contributed by atoms with van der Waals surface area (Å²) >= 11 is 0. The lowest BCUT2D eigenvalue weighted by Gasteiger charge is -2.21. The molecule has 2 amide bonds. The van der Waals surface area contributed by atoms with Crippen molar-refractivity contribution in [2.24, 2.45) is 0 Å². The number of ether oxygens (including phenoxy) is 1. The van der Waals surface area contributed by atoms with Crippen molar-refractivity contribution in [2.75, 3.05) is 23.9 Å². The van der Waals surface area contributed by atoms with Gasteiger partial charge in [-0.1, -0.05) is 12.1 Å². The molecule has 0 saturated heterocycles. The fraction of sp³-hybridized carbons (Fsp3) is 0.222. The number of hydrogen-bond donors (Lipinski definition) is 1. The average molecular weight is 348 g/mol. The van der Waals surface area contributed by atoms with Gasteiger partial charge in [-0.05, 0) is 24.3 Å². The first-order valence-corrected chi connectivity index (χ1v) is 7.58. The van der Waals surface area contributed by atoms with Crippen molar-refractivity contribution in [3.8, 4) is 5.75 Å². The molecule has 0 bridgehead atoms. The number of para-hydroxylation sites is 2. The minimum Gasteiger partial charge on any atom is -0.495 e. The molecule has 0 fully saturated rings. The van der Waals surface area contributed by atoms with E-state index in [9.17, 15) is 18.4 Å². The molecule has 0 saturated carbocycles. The highest BCUT2D eigenvalue weighted by Crippen LogP contribution is 2.24. The molecule has 0 radical (unpaired) electrons. The van der Waals surface area contributed by atoms with Gasteiger partial charge in [-0.3, -0.25) is 9.59 Å². The molecule has 0 aromatic heterocycles. The fourth-order valence-corrected chi connectivity index (χ4v) is 2.32. The molecule has 0 atom stereocenters. The Morgan fingerprint density at radius 3 is 2.52 bits per heavy atom. The molecule has 2 rings (SSSR count). The number of nitrogens with one attached hydrogen (secondary N) is 1. The van der Waals surface area contributed by atoms with Gasteiger partial charge in [0.25, 0.3) is 0 Å². The summed E-state index contributed by atoms with van der Waals surface area (Å²) < 4.78 is 32.0. The minimum atomic E-state index is -0.861. The van der Waals surface area contributed by atoms with Crippen molar-refractivity contribution in [1.29, 1.82) is 0 Å². The number of benzene rings is 2. The van der Waals surface area contributed by atoms with Crippen LogP contribution in [-0.2, 0) is 9.59 Å². The van der Waals surface area contributed by atoms with Gasteiger partial charge < -0.3 is 15.0 Å². The molecule has 25 heavy (non-hydrogen) atoms. The van der Waals surface area contributed by atoms with Gasteiger partial charge in [0.15, 0.2) is 0 Å². The van der Waals surface area contributed by atoms with Gasteiger partial charge in [-0.2, -0.15) is 0 Å². The average Bonchev–Trinajstić information content (AvgIpc) is 2.57. The van der Waals surface area contributed by atoms with Gasteiger partial charge in [0.05, 0.1) is 18.5 Å². The lowest BCUT2D eigenvalue weighted by Crippen LogP contribution is -2.32. The maximum absolute atomic E-state index is 13.9. The van der Waals surface area contributed by atoms with Crippen LogP contribution < -0.4 is 15.0 Å². The van der Waals surface area contributed by atoms with Crippen molar-refractivity contribution in [3.05, 3.63) is 54.1 Å². The monoisotopic (exact) mass is 348 g/mol. The molecular weight excluding hydrogens is 330 g/mol. The molecule has 0 aliphatic carbocycles. The predicted molar refractivity (Wildman–Crippen MR) is 90.6 cm³/mol. The van der Waals surface area contributed by atoms with Crippen LogP contribution in [0.3, 0.4) is 0 Å². The summed E-state index contributed by atoms with van der Waals surface area (Å²) in [5, 5.41) is 2.68. The Morgan fingerprint density at radius 1 is 1.16 bits per heavy atom. The molecule has 0 unspecified atom stereocenters. The summed E-state index contributed by atoms with van der Waals surface area (Å²) in [5.41, 5.74) is 0.427. The zero-order valence-electron chi connectivity index (χ0n) is 13.9.